The number of hydrogen-bond acceptors (Lipinski definition) is 3. The lowest BCUT2D eigenvalue weighted by molar-refractivity contribution is 0.310. The first-order valence-corrected chi connectivity index (χ1v) is 7.97. The molecule has 0 aliphatic heterocycles. The van der Waals surface area contributed by atoms with Gasteiger partial charge in [-0.15, -0.1) is 11.3 Å². The summed E-state index contributed by atoms with van der Waals surface area (Å²) in [5.41, 5.74) is 0. The predicted octanol–water partition coefficient (Wildman–Crippen LogP) is 3.34. The molecule has 102 valence electrons. The van der Waals surface area contributed by atoms with Crippen LogP contribution in [0.1, 0.15) is 36.4 Å². The molecular formula is C15H26N2S. The van der Waals surface area contributed by atoms with E-state index in [1.165, 1.54) is 29.1 Å². The van der Waals surface area contributed by atoms with Gasteiger partial charge < -0.3 is 10.2 Å². The molecule has 1 fully saturated rings. The summed E-state index contributed by atoms with van der Waals surface area (Å²) in [4.78, 5) is 5.44. The zero-order valence-electron chi connectivity index (χ0n) is 11.9. The first-order valence-electron chi connectivity index (χ1n) is 7.16. The topological polar surface area (TPSA) is 15.3 Å². The minimum atomic E-state index is 0.959. The molecule has 1 saturated carbocycles. The Balaban J connectivity index is 1.71. The van der Waals surface area contributed by atoms with Gasteiger partial charge in [-0.2, -0.15) is 0 Å². The predicted molar refractivity (Wildman–Crippen MR) is 79.9 cm³/mol. The third-order valence-electron chi connectivity index (χ3n) is 3.69. The lowest BCUT2D eigenvalue weighted by Crippen LogP contribution is -2.20. The van der Waals surface area contributed by atoms with E-state index >= 15 is 0 Å². The molecule has 0 spiro atoms. The summed E-state index contributed by atoms with van der Waals surface area (Å²) >= 11 is 1.96. The van der Waals surface area contributed by atoms with Gasteiger partial charge in [-0.05, 0) is 50.4 Å². The Morgan fingerprint density at radius 1 is 1.39 bits per heavy atom. The lowest BCUT2D eigenvalue weighted by Gasteiger charge is -2.15. The van der Waals surface area contributed by atoms with E-state index in [4.69, 9.17) is 0 Å². The molecule has 1 aliphatic carbocycles. The van der Waals surface area contributed by atoms with Crippen LogP contribution in [-0.4, -0.2) is 25.0 Å². The van der Waals surface area contributed by atoms with E-state index in [9.17, 15) is 0 Å². The molecule has 0 radical (unpaired) electrons. The highest BCUT2D eigenvalue weighted by atomic mass is 32.1. The van der Waals surface area contributed by atoms with Gasteiger partial charge in [0.05, 0.1) is 0 Å². The molecule has 1 aliphatic rings. The van der Waals surface area contributed by atoms with Crippen LogP contribution in [0.3, 0.4) is 0 Å². The minimum Gasteiger partial charge on any atom is -0.312 e. The second-order valence-electron chi connectivity index (χ2n) is 5.71. The lowest BCUT2D eigenvalue weighted by atomic mass is 10.3. The monoisotopic (exact) mass is 266 g/mol. The zero-order valence-corrected chi connectivity index (χ0v) is 12.7. The van der Waals surface area contributed by atoms with E-state index in [-0.39, 0.29) is 0 Å². The number of hydrogen-bond donors (Lipinski definition) is 1. The largest absolute Gasteiger partial charge is 0.312 e. The van der Waals surface area contributed by atoms with Crippen molar-refractivity contribution < 1.29 is 0 Å². The Hall–Kier alpha value is -0.380. The van der Waals surface area contributed by atoms with Crippen LogP contribution in [0.5, 0.6) is 0 Å². The molecule has 3 heteroatoms. The maximum absolute atomic E-state index is 3.46. The Morgan fingerprint density at radius 2 is 2.11 bits per heavy atom. The van der Waals surface area contributed by atoms with Gasteiger partial charge in [0.15, 0.2) is 0 Å². The number of nitrogens with one attached hydrogen (secondary N) is 1. The third-order valence-corrected chi connectivity index (χ3v) is 4.76. The molecule has 1 aromatic heterocycles. The quantitative estimate of drug-likeness (QED) is 0.726. The van der Waals surface area contributed by atoms with Gasteiger partial charge in [0.1, 0.15) is 0 Å². The fraction of sp³-hybridized carbons (Fsp3) is 0.733. The van der Waals surface area contributed by atoms with Crippen LogP contribution >= 0.6 is 11.3 Å². The van der Waals surface area contributed by atoms with Crippen molar-refractivity contribution >= 4 is 11.3 Å². The molecular weight excluding hydrogens is 240 g/mol. The van der Waals surface area contributed by atoms with Crippen LogP contribution in [0.2, 0.25) is 0 Å². The number of rotatable bonds is 8. The van der Waals surface area contributed by atoms with Crippen molar-refractivity contribution in [2.75, 3.05) is 20.1 Å². The van der Waals surface area contributed by atoms with E-state index in [0.717, 1.165) is 31.5 Å². The van der Waals surface area contributed by atoms with Gasteiger partial charge >= 0.3 is 0 Å². The highest BCUT2D eigenvalue weighted by Gasteiger charge is 2.32. The second-order valence-corrected chi connectivity index (χ2v) is 6.97. The van der Waals surface area contributed by atoms with Gasteiger partial charge in [0, 0.05) is 29.4 Å². The van der Waals surface area contributed by atoms with Gasteiger partial charge in [-0.1, -0.05) is 13.8 Å². The van der Waals surface area contributed by atoms with Gasteiger partial charge in [-0.25, -0.2) is 0 Å². The average Bonchev–Trinajstić information content (AvgIpc) is 2.84. The molecule has 1 aromatic rings. The third kappa shape index (κ3) is 4.38. The normalized spacial score (nSPS) is 22.7. The first-order chi connectivity index (χ1) is 8.69. The van der Waals surface area contributed by atoms with Crippen LogP contribution in [-0.2, 0) is 13.1 Å². The summed E-state index contributed by atoms with van der Waals surface area (Å²) in [5.74, 6) is 1.92. The average molecular weight is 266 g/mol. The molecule has 2 nitrogen and oxygen atoms in total. The van der Waals surface area contributed by atoms with Gasteiger partial charge in [0.2, 0.25) is 0 Å². The number of thiophene rings is 1. The highest BCUT2D eigenvalue weighted by Crippen LogP contribution is 2.38. The van der Waals surface area contributed by atoms with Crippen molar-refractivity contribution in [1.82, 2.24) is 10.2 Å². The molecule has 0 aromatic carbocycles. The zero-order chi connectivity index (χ0) is 13.0. The van der Waals surface area contributed by atoms with Crippen LogP contribution in [0.25, 0.3) is 0 Å². The maximum atomic E-state index is 3.46. The molecule has 0 bridgehead atoms. The molecule has 18 heavy (non-hydrogen) atoms. The van der Waals surface area contributed by atoms with Crippen molar-refractivity contribution in [1.29, 1.82) is 0 Å². The summed E-state index contributed by atoms with van der Waals surface area (Å²) in [7, 11) is 2.25. The summed E-state index contributed by atoms with van der Waals surface area (Å²) in [5, 5.41) is 3.46. The van der Waals surface area contributed by atoms with Crippen molar-refractivity contribution in [2.45, 2.75) is 39.8 Å². The van der Waals surface area contributed by atoms with E-state index in [2.05, 4.69) is 43.2 Å². The van der Waals surface area contributed by atoms with Crippen LogP contribution < -0.4 is 5.32 Å². The van der Waals surface area contributed by atoms with E-state index in [1.807, 2.05) is 11.3 Å². The van der Waals surface area contributed by atoms with Crippen molar-refractivity contribution in [3.05, 3.63) is 21.9 Å². The fourth-order valence-corrected chi connectivity index (χ4v) is 3.44. The summed E-state index contributed by atoms with van der Waals surface area (Å²) in [6.07, 6.45) is 2.64. The number of nitrogens with zero attached hydrogens (tertiary/aromatic N) is 1. The molecule has 2 unspecified atom stereocenters. The molecule has 0 amide bonds. The summed E-state index contributed by atoms with van der Waals surface area (Å²) in [6.45, 7) is 9.10. The molecule has 2 rings (SSSR count). The van der Waals surface area contributed by atoms with Crippen molar-refractivity contribution in [3.63, 3.8) is 0 Å². The Bertz CT molecular complexity index is 361. The summed E-state index contributed by atoms with van der Waals surface area (Å²) < 4.78 is 0. The van der Waals surface area contributed by atoms with Gasteiger partial charge in [0.25, 0.3) is 0 Å². The Kier molecular flexibility index (Phi) is 5.22. The Morgan fingerprint density at radius 3 is 2.78 bits per heavy atom. The van der Waals surface area contributed by atoms with E-state index in [1.54, 1.807) is 0 Å². The molecule has 2 atom stereocenters. The minimum absolute atomic E-state index is 0.959. The first kappa shape index (κ1) is 14.0. The SMILES string of the molecule is CCCNCc1ccc(CN(C)CC2CC2C)s1. The van der Waals surface area contributed by atoms with Crippen molar-refractivity contribution in [2.24, 2.45) is 11.8 Å². The fourth-order valence-electron chi connectivity index (χ4n) is 2.38. The van der Waals surface area contributed by atoms with Crippen LogP contribution in [0, 0.1) is 11.8 Å². The maximum Gasteiger partial charge on any atom is 0.0325 e. The van der Waals surface area contributed by atoms with Gasteiger partial charge in [-0.3, -0.25) is 0 Å². The van der Waals surface area contributed by atoms with Crippen LogP contribution in [0.15, 0.2) is 12.1 Å². The molecule has 1 N–H and O–H groups in total. The standard InChI is InChI=1S/C15H26N2S/c1-4-7-16-9-14-5-6-15(18-14)11-17(3)10-13-8-12(13)2/h5-6,12-13,16H,4,7-11H2,1-3H3. The molecule has 1 heterocycles. The smallest absolute Gasteiger partial charge is 0.0325 e. The summed E-state index contributed by atoms with van der Waals surface area (Å²) in [6, 6.07) is 4.57. The van der Waals surface area contributed by atoms with Crippen LogP contribution in [0.4, 0.5) is 0 Å². The van der Waals surface area contributed by atoms with Crippen molar-refractivity contribution in [3.8, 4) is 0 Å². The van der Waals surface area contributed by atoms with E-state index in [0.29, 0.717) is 0 Å². The highest BCUT2D eigenvalue weighted by molar-refractivity contribution is 7.11. The molecule has 0 saturated heterocycles. The Labute approximate surface area is 115 Å². The second kappa shape index (κ2) is 6.69. The van der Waals surface area contributed by atoms with E-state index < -0.39 is 0 Å².